The van der Waals surface area contributed by atoms with Crippen LogP contribution in [0.15, 0.2) is 48.5 Å². The van der Waals surface area contributed by atoms with Crippen LogP contribution in [0.3, 0.4) is 0 Å². The maximum atomic E-state index is 13.0. The van der Waals surface area contributed by atoms with Crippen molar-refractivity contribution in [2.45, 2.75) is 39.2 Å². The highest BCUT2D eigenvalue weighted by Gasteiger charge is 2.32. The Hall–Kier alpha value is -3.35. The Morgan fingerprint density at radius 3 is 2.09 bits per heavy atom. The number of hydrogen-bond donors (Lipinski definition) is 2. The fraction of sp³-hybridized carbons (Fsp3) is 0.423. The smallest absolute Gasteiger partial charge is 0.407 e. The molecule has 0 aromatic heterocycles. The van der Waals surface area contributed by atoms with Gasteiger partial charge in [0.25, 0.3) is 0 Å². The number of fused-ring (bicyclic) bond motifs is 3. The Morgan fingerprint density at radius 1 is 1.03 bits per heavy atom. The highest BCUT2D eigenvalue weighted by Crippen LogP contribution is 2.44. The first-order chi connectivity index (χ1) is 15.7. The number of carboxylic acid groups (broad SMARTS) is 1. The third kappa shape index (κ3) is 5.35. The van der Waals surface area contributed by atoms with Gasteiger partial charge in [0.1, 0.15) is 12.6 Å². The zero-order valence-corrected chi connectivity index (χ0v) is 19.6. The van der Waals surface area contributed by atoms with Crippen LogP contribution in [0, 0.1) is 11.8 Å². The lowest BCUT2D eigenvalue weighted by molar-refractivity contribution is -0.143. The van der Waals surface area contributed by atoms with Crippen molar-refractivity contribution in [1.82, 2.24) is 10.2 Å². The van der Waals surface area contributed by atoms with E-state index in [0.29, 0.717) is 6.42 Å². The normalized spacial score (nSPS) is 15.0. The first kappa shape index (κ1) is 24.3. The maximum absolute atomic E-state index is 13.0. The number of carbonyl (C=O) groups is 3. The summed E-state index contributed by atoms with van der Waals surface area (Å²) < 4.78 is 5.60. The SMILES string of the molecule is CC[C@H](C)[C@H](NC(=O)OCC1c2ccccc2-c2ccccc21)C(=O)N(C)CC(C)C(=O)O. The molecule has 0 saturated heterocycles. The largest absolute Gasteiger partial charge is 0.481 e. The van der Waals surface area contributed by atoms with Gasteiger partial charge in [-0.25, -0.2) is 4.79 Å². The minimum Gasteiger partial charge on any atom is -0.481 e. The molecule has 0 aliphatic heterocycles. The molecule has 7 nitrogen and oxygen atoms in total. The molecule has 3 atom stereocenters. The van der Waals surface area contributed by atoms with Gasteiger partial charge in [-0.05, 0) is 28.2 Å². The predicted molar refractivity (Wildman–Crippen MR) is 126 cm³/mol. The second kappa shape index (κ2) is 10.5. The van der Waals surface area contributed by atoms with Gasteiger partial charge in [-0.3, -0.25) is 9.59 Å². The monoisotopic (exact) mass is 452 g/mol. The quantitative estimate of drug-likeness (QED) is 0.597. The number of rotatable bonds is 9. The summed E-state index contributed by atoms with van der Waals surface area (Å²) >= 11 is 0. The van der Waals surface area contributed by atoms with Crippen LogP contribution in [-0.2, 0) is 14.3 Å². The molecule has 7 heteroatoms. The number of hydrogen-bond acceptors (Lipinski definition) is 4. The molecule has 2 N–H and O–H groups in total. The van der Waals surface area contributed by atoms with Crippen molar-refractivity contribution < 1.29 is 24.2 Å². The summed E-state index contributed by atoms with van der Waals surface area (Å²) in [7, 11) is 1.55. The van der Waals surface area contributed by atoms with Crippen molar-refractivity contribution in [3.05, 3.63) is 59.7 Å². The molecule has 0 saturated carbocycles. The number of ether oxygens (including phenoxy) is 1. The van der Waals surface area contributed by atoms with E-state index in [-0.39, 0.29) is 30.9 Å². The third-order valence-corrected chi connectivity index (χ3v) is 6.44. The fourth-order valence-electron chi connectivity index (χ4n) is 4.27. The van der Waals surface area contributed by atoms with E-state index in [1.165, 1.54) is 4.90 Å². The van der Waals surface area contributed by atoms with Crippen LogP contribution in [0.25, 0.3) is 11.1 Å². The Labute approximate surface area is 194 Å². The lowest BCUT2D eigenvalue weighted by Crippen LogP contribution is -2.52. The second-order valence-electron chi connectivity index (χ2n) is 8.79. The molecule has 1 aliphatic rings. The zero-order chi connectivity index (χ0) is 24.1. The summed E-state index contributed by atoms with van der Waals surface area (Å²) in [6, 6.07) is 15.4. The molecule has 1 aliphatic carbocycles. The van der Waals surface area contributed by atoms with Gasteiger partial charge in [0.15, 0.2) is 0 Å². The molecule has 1 unspecified atom stereocenters. The van der Waals surface area contributed by atoms with Crippen LogP contribution in [0.1, 0.15) is 44.2 Å². The van der Waals surface area contributed by atoms with Crippen molar-refractivity contribution in [3.63, 3.8) is 0 Å². The van der Waals surface area contributed by atoms with Gasteiger partial charge in [0.05, 0.1) is 5.92 Å². The van der Waals surface area contributed by atoms with Crippen molar-refractivity contribution in [1.29, 1.82) is 0 Å². The van der Waals surface area contributed by atoms with E-state index in [1.54, 1.807) is 14.0 Å². The molecule has 0 radical (unpaired) electrons. The number of amides is 2. The minimum absolute atomic E-state index is 0.0630. The minimum atomic E-state index is -0.973. The average molecular weight is 453 g/mol. The number of nitrogens with one attached hydrogen (secondary N) is 1. The van der Waals surface area contributed by atoms with Gasteiger partial charge >= 0.3 is 12.1 Å². The highest BCUT2D eigenvalue weighted by atomic mass is 16.5. The molecule has 0 spiro atoms. The number of nitrogens with zero attached hydrogens (tertiary/aromatic N) is 1. The first-order valence-corrected chi connectivity index (χ1v) is 11.3. The molecule has 2 amide bonds. The molecule has 0 heterocycles. The summed E-state index contributed by atoms with van der Waals surface area (Å²) in [4.78, 5) is 38.2. The van der Waals surface area contributed by atoms with E-state index >= 15 is 0 Å². The second-order valence-corrected chi connectivity index (χ2v) is 8.79. The van der Waals surface area contributed by atoms with Crippen molar-refractivity contribution in [2.75, 3.05) is 20.2 Å². The fourth-order valence-corrected chi connectivity index (χ4v) is 4.27. The number of carbonyl (C=O) groups excluding carboxylic acids is 2. The maximum Gasteiger partial charge on any atom is 0.407 e. The number of alkyl carbamates (subject to hydrolysis) is 1. The van der Waals surface area contributed by atoms with Crippen LogP contribution in [0.4, 0.5) is 4.79 Å². The van der Waals surface area contributed by atoms with E-state index in [4.69, 9.17) is 9.84 Å². The number of aliphatic carboxylic acids is 1. The molecule has 33 heavy (non-hydrogen) atoms. The highest BCUT2D eigenvalue weighted by molar-refractivity contribution is 5.86. The third-order valence-electron chi connectivity index (χ3n) is 6.44. The lowest BCUT2D eigenvalue weighted by Gasteiger charge is -2.29. The molecular weight excluding hydrogens is 420 g/mol. The Morgan fingerprint density at radius 2 is 1.58 bits per heavy atom. The molecule has 0 bridgehead atoms. The van der Waals surface area contributed by atoms with Gasteiger partial charge in [0, 0.05) is 19.5 Å². The van der Waals surface area contributed by atoms with Crippen LogP contribution in [-0.4, -0.2) is 54.2 Å². The van der Waals surface area contributed by atoms with E-state index in [2.05, 4.69) is 17.4 Å². The number of likely N-dealkylation sites (N-methyl/N-ethyl adjacent to an activating group) is 1. The van der Waals surface area contributed by atoms with Crippen molar-refractivity contribution in [2.24, 2.45) is 11.8 Å². The zero-order valence-electron chi connectivity index (χ0n) is 19.6. The summed E-state index contributed by atoms with van der Waals surface area (Å²) in [5.74, 6) is -2.21. The van der Waals surface area contributed by atoms with Crippen molar-refractivity contribution in [3.8, 4) is 11.1 Å². The van der Waals surface area contributed by atoms with Gasteiger partial charge in [-0.1, -0.05) is 75.7 Å². The molecule has 2 aromatic rings. The summed E-state index contributed by atoms with van der Waals surface area (Å²) in [5, 5.41) is 11.9. The van der Waals surface area contributed by atoms with Crippen LogP contribution >= 0.6 is 0 Å². The first-order valence-electron chi connectivity index (χ1n) is 11.3. The van der Waals surface area contributed by atoms with Gasteiger partial charge in [-0.15, -0.1) is 0 Å². The molecule has 2 aromatic carbocycles. The molecule has 0 fully saturated rings. The Bertz CT molecular complexity index is 976. The molecule has 3 rings (SSSR count). The van der Waals surface area contributed by atoms with Crippen LogP contribution < -0.4 is 5.32 Å². The predicted octanol–water partition coefficient (Wildman–Crippen LogP) is 4.12. The standard InChI is InChI=1S/C26H32N2O5/c1-5-16(2)23(24(29)28(4)14-17(3)25(30)31)27-26(32)33-15-22-20-12-8-6-10-18(20)19-11-7-9-13-21(19)22/h6-13,16-17,22-23H,5,14-15H2,1-4H3,(H,27,32)(H,30,31)/t16-,17?,23-/m0/s1. The molecule has 176 valence electrons. The molecular formula is C26H32N2O5. The van der Waals surface area contributed by atoms with Crippen molar-refractivity contribution >= 4 is 18.0 Å². The van der Waals surface area contributed by atoms with Crippen LogP contribution in [0.2, 0.25) is 0 Å². The topological polar surface area (TPSA) is 95.9 Å². The van der Waals surface area contributed by atoms with Gasteiger partial charge < -0.3 is 20.1 Å². The summed E-state index contributed by atoms with van der Waals surface area (Å²) in [6.07, 6.45) is 0.0118. The summed E-state index contributed by atoms with van der Waals surface area (Å²) in [5.41, 5.74) is 4.51. The number of carboxylic acids is 1. The van der Waals surface area contributed by atoms with Gasteiger partial charge in [-0.2, -0.15) is 0 Å². The average Bonchev–Trinajstić information content (AvgIpc) is 3.13. The Balaban J connectivity index is 1.68. The van der Waals surface area contributed by atoms with E-state index in [1.807, 2.05) is 50.2 Å². The van der Waals surface area contributed by atoms with E-state index in [9.17, 15) is 14.4 Å². The van der Waals surface area contributed by atoms with E-state index in [0.717, 1.165) is 22.3 Å². The van der Waals surface area contributed by atoms with Crippen LogP contribution in [0.5, 0.6) is 0 Å². The van der Waals surface area contributed by atoms with E-state index < -0.39 is 24.0 Å². The Kier molecular flexibility index (Phi) is 7.74. The lowest BCUT2D eigenvalue weighted by atomic mass is 9.97. The summed E-state index contributed by atoms with van der Waals surface area (Å²) in [6.45, 7) is 5.58. The van der Waals surface area contributed by atoms with Gasteiger partial charge in [0.2, 0.25) is 5.91 Å². The number of benzene rings is 2.